The molecule has 2 aromatic carbocycles. The van der Waals surface area contributed by atoms with E-state index < -0.39 is 6.10 Å². The second-order valence-corrected chi connectivity index (χ2v) is 8.30. The average Bonchev–Trinajstić information content (AvgIpc) is 2.57. The lowest BCUT2D eigenvalue weighted by Gasteiger charge is -2.38. The summed E-state index contributed by atoms with van der Waals surface area (Å²) in [7, 11) is 0. The zero-order valence-corrected chi connectivity index (χ0v) is 17.1. The van der Waals surface area contributed by atoms with Gasteiger partial charge in [0.1, 0.15) is 17.1 Å². The summed E-state index contributed by atoms with van der Waals surface area (Å²) in [6.45, 7) is 7.88. The van der Waals surface area contributed by atoms with Gasteiger partial charge in [-0.15, -0.1) is 0 Å². The van der Waals surface area contributed by atoms with E-state index in [1.54, 1.807) is 6.92 Å². The van der Waals surface area contributed by atoms with Crippen LogP contribution in [0.3, 0.4) is 0 Å². The Bertz CT molecular complexity index is 801. The third-order valence-corrected chi connectivity index (χ3v) is 4.96. The maximum atomic E-state index is 12.7. The molecule has 1 amide bonds. The smallest absolute Gasteiger partial charge is 0.261 e. The minimum Gasteiger partial charge on any atom is -0.487 e. The van der Waals surface area contributed by atoms with Crippen LogP contribution >= 0.6 is 15.9 Å². The monoisotopic (exact) mass is 417 g/mol. The Morgan fingerprint density at radius 2 is 1.96 bits per heavy atom. The van der Waals surface area contributed by atoms with Crippen LogP contribution in [-0.4, -0.2) is 17.6 Å². The highest BCUT2D eigenvalue weighted by molar-refractivity contribution is 9.10. The fourth-order valence-electron chi connectivity index (χ4n) is 3.16. The van der Waals surface area contributed by atoms with Crippen LogP contribution < -0.4 is 14.8 Å². The maximum Gasteiger partial charge on any atom is 0.261 e. The Morgan fingerprint density at radius 1 is 1.27 bits per heavy atom. The molecule has 0 spiro atoms. The summed E-state index contributed by atoms with van der Waals surface area (Å²) in [4.78, 5) is 12.7. The van der Waals surface area contributed by atoms with Crippen molar-refractivity contribution < 1.29 is 14.3 Å². The van der Waals surface area contributed by atoms with Crippen LogP contribution in [0.25, 0.3) is 0 Å². The van der Waals surface area contributed by atoms with Crippen molar-refractivity contribution in [1.82, 2.24) is 5.32 Å². The van der Waals surface area contributed by atoms with E-state index in [1.165, 1.54) is 0 Å². The number of carbonyl (C=O) groups excluding carboxylic acids is 1. The van der Waals surface area contributed by atoms with E-state index >= 15 is 0 Å². The fraction of sp³-hybridized carbons (Fsp3) is 0.381. The number of halogens is 1. The Balaban J connectivity index is 1.74. The van der Waals surface area contributed by atoms with Gasteiger partial charge in [-0.25, -0.2) is 0 Å². The van der Waals surface area contributed by atoms with Gasteiger partial charge in [0, 0.05) is 16.5 Å². The molecule has 2 atom stereocenters. The van der Waals surface area contributed by atoms with E-state index in [0.29, 0.717) is 12.2 Å². The second kappa shape index (κ2) is 7.31. The van der Waals surface area contributed by atoms with Crippen molar-refractivity contribution in [3.63, 3.8) is 0 Å². The molecule has 1 aliphatic heterocycles. The van der Waals surface area contributed by atoms with Gasteiger partial charge in [0.25, 0.3) is 5.91 Å². The molecule has 0 fully saturated rings. The Morgan fingerprint density at radius 3 is 2.65 bits per heavy atom. The van der Waals surface area contributed by atoms with Gasteiger partial charge in [-0.1, -0.05) is 33.6 Å². The molecular weight excluding hydrogens is 394 g/mol. The van der Waals surface area contributed by atoms with Gasteiger partial charge in [0.05, 0.1) is 6.04 Å². The summed E-state index contributed by atoms with van der Waals surface area (Å²) in [6, 6.07) is 13.4. The summed E-state index contributed by atoms with van der Waals surface area (Å²) in [6.07, 6.45) is 0.121. The standard InChI is InChI=1S/C21H24BrNO3/c1-13-5-10-19-17(11-13)18(12-21(3,4)26-19)23-20(24)14(2)25-16-8-6-15(22)7-9-16/h5-11,14,18H,12H2,1-4H3,(H,23,24). The first-order chi connectivity index (χ1) is 12.2. The first-order valence-electron chi connectivity index (χ1n) is 8.76. The van der Waals surface area contributed by atoms with Gasteiger partial charge >= 0.3 is 0 Å². The minimum atomic E-state index is -0.588. The van der Waals surface area contributed by atoms with E-state index in [4.69, 9.17) is 9.47 Å². The van der Waals surface area contributed by atoms with Crippen molar-refractivity contribution in [3.05, 3.63) is 58.1 Å². The SMILES string of the molecule is Cc1ccc2c(c1)C(NC(=O)C(C)Oc1ccc(Br)cc1)CC(C)(C)O2. The molecule has 5 heteroatoms. The number of carbonyl (C=O) groups is 1. The summed E-state index contributed by atoms with van der Waals surface area (Å²) in [5.41, 5.74) is 1.83. The number of rotatable bonds is 4. The van der Waals surface area contributed by atoms with E-state index in [-0.39, 0.29) is 17.6 Å². The van der Waals surface area contributed by atoms with Crippen LogP contribution in [0.2, 0.25) is 0 Å². The van der Waals surface area contributed by atoms with Gasteiger partial charge in [-0.05, 0) is 58.0 Å². The number of hydrogen-bond acceptors (Lipinski definition) is 3. The number of nitrogens with one attached hydrogen (secondary N) is 1. The van der Waals surface area contributed by atoms with Crippen molar-refractivity contribution in [2.45, 2.75) is 51.9 Å². The number of amides is 1. The van der Waals surface area contributed by atoms with Crippen molar-refractivity contribution in [1.29, 1.82) is 0 Å². The van der Waals surface area contributed by atoms with Gasteiger partial charge in [-0.2, -0.15) is 0 Å². The molecule has 3 rings (SSSR count). The molecule has 1 N–H and O–H groups in total. The first-order valence-corrected chi connectivity index (χ1v) is 9.55. The van der Waals surface area contributed by atoms with Crippen molar-refractivity contribution in [2.75, 3.05) is 0 Å². The van der Waals surface area contributed by atoms with Crippen LogP contribution in [0, 0.1) is 6.92 Å². The van der Waals surface area contributed by atoms with Crippen LogP contribution in [0.4, 0.5) is 0 Å². The molecule has 2 unspecified atom stereocenters. The summed E-state index contributed by atoms with van der Waals surface area (Å²) < 4.78 is 12.8. The molecule has 0 aromatic heterocycles. The van der Waals surface area contributed by atoms with E-state index in [0.717, 1.165) is 21.3 Å². The topological polar surface area (TPSA) is 47.6 Å². The molecule has 0 bridgehead atoms. The number of hydrogen-bond donors (Lipinski definition) is 1. The van der Waals surface area contributed by atoms with E-state index in [2.05, 4.69) is 27.3 Å². The third-order valence-electron chi connectivity index (χ3n) is 4.43. The maximum absolute atomic E-state index is 12.7. The summed E-state index contributed by atoms with van der Waals surface area (Å²) in [5.74, 6) is 1.36. The molecule has 4 nitrogen and oxygen atoms in total. The van der Waals surface area contributed by atoms with Crippen molar-refractivity contribution in [2.24, 2.45) is 0 Å². The van der Waals surface area contributed by atoms with Crippen LogP contribution in [-0.2, 0) is 4.79 Å². The van der Waals surface area contributed by atoms with E-state index in [9.17, 15) is 4.79 Å². The highest BCUT2D eigenvalue weighted by Gasteiger charge is 2.35. The first kappa shape index (κ1) is 18.8. The fourth-order valence-corrected chi connectivity index (χ4v) is 3.43. The zero-order valence-electron chi connectivity index (χ0n) is 15.5. The Hall–Kier alpha value is -2.01. The number of benzene rings is 2. The van der Waals surface area contributed by atoms with Crippen LogP contribution in [0.1, 0.15) is 44.4 Å². The summed E-state index contributed by atoms with van der Waals surface area (Å²) in [5, 5.41) is 3.14. The molecule has 2 aromatic rings. The van der Waals surface area contributed by atoms with Gasteiger partial charge in [0.15, 0.2) is 6.10 Å². The molecular formula is C21H24BrNO3. The molecule has 26 heavy (non-hydrogen) atoms. The van der Waals surface area contributed by atoms with Gasteiger partial charge < -0.3 is 14.8 Å². The Kier molecular flexibility index (Phi) is 5.28. The molecule has 138 valence electrons. The second-order valence-electron chi connectivity index (χ2n) is 7.38. The number of ether oxygens (including phenoxy) is 2. The number of aryl methyl sites for hydroxylation is 1. The lowest BCUT2D eigenvalue weighted by atomic mass is 9.89. The molecule has 0 saturated heterocycles. The average molecular weight is 418 g/mol. The largest absolute Gasteiger partial charge is 0.487 e. The third kappa shape index (κ3) is 4.39. The van der Waals surface area contributed by atoms with Gasteiger partial charge in [0.2, 0.25) is 0 Å². The molecule has 0 radical (unpaired) electrons. The van der Waals surface area contributed by atoms with Gasteiger partial charge in [-0.3, -0.25) is 4.79 Å². The van der Waals surface area contributed by atoms with Crippen molar-refractivity contribution in [3.8, 4) is 11.5 Å². The highest BCUT2D eigenvalue weighted by Crippen LogP contribution is 2.39. The number of fused-ring (bicyclic) bond motifs is 1. The lowest BCUT2D eigenvalue weighted by molar-refractivity contribution is -0.128. The Labute approximate surface area is 163 Å². The molecule has 0 aliphatic carbocycles. The predicted molar refractivity (Wildman–Crippen MR) is 106 cm³/mol. The highest BCUT2D eigenvalue weighted by atomic mass is 79.9. The van der Waals surface area contributed by atoms with Crippen LogP contribution in [0.15, 0.2) is 46.9 Å². The molecule has 1 heterocycles. The normalized spacial score (nSPS) is 19.0. The van der Waals surface area contributed by atoms with Crippen molar-refractivity contribution >= 4 is 21.8 Å². The zero-order chi connectivity index (χ0) is 18.9. The summed E-state index contributed by atoms with van der Waals surface area (Å²) >= 11 is 3.39. The van der Waals surface area contributed by atoms with Crippen LogP contribution in [0.5, 0.6) is 11.5 Å². The quantitative estimate of drug-likeness (QED) is 0.765. The lowest BCUT2D eigenvalue weighted by Crippen LogP contribution is -2.44. The molecule has 0 saturated carbocycles. The van der Waals surface area contributed by atoms with E-state index in [1.807, 2.05) is 57.2 Å². The molecule has 1 aliphatic rings. The predicted octanol–water partition coefficient (Wildman–Crippen LogP) is 4.94. The minimum absolute atomic E-state index is 0.0999.